The summed E-state index contributed by atoms with van der Waals surface area (Å²) in [6.45, 7) is 8.19. The highest BCUT2D eigenvalue weighted by Crippen LogP contribution is 2.10. The largest absolute Gasteiger partial charge is 0.356 e. The van der Waals surface area contributed by atoms with Crippen LogP contribution in [0.5, 0.6) is 0 Å². The predicted molar refractivity (Wildman–Crippen MR) is 89.9 cm³/mol. The molecule has 4 nitrogen and oxygen atoms in total. The number of hydrogen-bond donors (Lipinski definition) is 2. The number of halogens is 1. The first-order valence-electron chi connectivity index (χ1n) is 5.97. The topological polar surface area (TPSA) is 49.3 Å². The average molecular weight is 382 g/mol. The van der Waals surface area contributed by atoms with E-state index < -0.39 is 0 Å². The molecule has 1 aromatic heterocycles. The zero-order chi connectivity index (χ0) is 12.7. The molecule has 0 bridgehead atoms. The van der Waals surface area contributed by atoms with Crippen LogP contribution >= 0.6 is 35.3 Å². The maximum Gasteiger partial charge on any atom is 0.191 e. The van der Waals surface area contributed by atoms with Crippen LogP contribution in [0.1, 0.15) is 30.2 Å². The molecule has 0 saturated carbocycles. The molecule has 0 saturated heterocycles. The summed E-state index contributed by atoms with van der Waals surface area (Å²) in [4.78, 5) is 9.72. The number of rotatable bonds is 5. The molecular weight excluding hydrogens is 359 g/mol. The summed E-state index contributed by atoms with van der Waals surface area (Å²) in [6, 6.07) is 0. The molecule has 18 heavy (non-hydrogen) atoms. The van der Waals surface area contributed by atoms with E-state index in [1.165, 1.54) is 4.88 Å². The van der Waals surface area contributed by atoms with Crippen molar-refractivity contribution in [3.05, 3.63) is 16.1 Å². The highest BCUT2D eigenvalue weighted by molar-refractivity contribution is 14.0. The Morgan fingerprint density at radius 1 is 1.44 bits per heavy atom. The molecule has 0 aliphatic rings. The summed E-state index contributed by atoms with van der Waals surface area (Å²) in [5.74, 6) is 1.56. The van der Waals surface area contributed by atoms with E-state index in [0.717, 1.165) is 30.5 Å². The van der Waals surface area contributed by atoms with Gasteiger partial charge in [0.2, 0.25) is 0 Å². The maximum absolute atomic E-state index is 4.30. The summed E-state index contributed by atoms with van der Waals surface area (Å²) in [6.07, 6.45) is 3.05. The third-order valence-electron chi connectivity index (χ3n) is 2.31. The van der Waals surface area contributed by atoms with Gasteiger partial charge in [-0.25, -0.2) is 4.98 Å². The Hall–Kier alpha value is -0.370. The second kappa shape index (κ2) is 9.55. The van der Waals surface area contributed by atoms with Crippen LogP contribution in [0.25, 0.3) is 0 Å². The normalized spacial score (nSPS) is 11.3. The predicted octanol–water partition coefficient (Wildman–Crippen LogP) is 2.78. The molecule has 0 amide bonds. The first-order chi connectivity index (χ1) is 8.11. The van der Waals surface area contributed by atoms with E-state index >= 15 is 0 Å². The first-order valence-corrected chi connectivity index (χ1v) is 6.79. The van der Waals surface area contributed by atoms with E-state index in [1.807, 2.05) is 6.20 Å². The number of aromatic nitrogens is 1. The van der Waals surface area contributed by atoms with Gasteiger partial charge in [0.05, 0.1) is 6.54 Å². The van der Waals surface area contributed by atoms with Gasteiger partial charge < -0.3 is 10.6 Å². The van der Waals surface area contributed by atoms with Crippen molar-refractivity contribution < 1.29 is 0 Å². The molecule has 0 unspecified atom stereocenters. The molecule has 0 aliphatic carbocycles. The van der Waals surface area contributed by atoms with Crippen molar-refractivity contribution in [3.63, 3.8) is 0 Å². The lowest BCUT2D eigenvalue weighted by molar-refractivity contribution is 0.573. The van der Waals surface area contributed by atoms with Crippen molar-refractivity contribution in [2.24, 2.45) is 10.9 Å². The summed E-state index contributed by atoms with van der Waals surface area (Å²) >= 11 is 1.71. The Morgan fingerprint density at radius 3 is 2.67 bits per heavy atom. The Labute approximate surface area is 131 Å². The number of nitrogens with one attached hydrogen (secondary N) is 2. The minimum atomic E-state index is 0. The van der Waals surface area contributed by atoms with Crippen molar-refractivity contribution in [1.29, 1.82) is 0 Å². The van der Waals surface area contributed by atoms with E-state index in [0.29, 0.717) is 5.92 Å². The van der Waals surface area contributed by atoms with Crippen LogP contribution in [0.15, 0.2) is 11.2 Å². The van der Waals surface area contributed by atoms with E-state index in [-0.39, 0.29) is 24.0 Å². The lowest BCUT2D eigenvalue weighted by Gasteiger charge is -2.11. The Bertz CT molecular complexity index is 363. The molecule has 1 rings (SSSR count). The summed E-state index contributed by atoms with van der Waals surface area (Å²) < 4.78 is 0. The van der Waals surface area contributed by atoms with Gasteiger partial charge in [-0.3, -0.25) is 4.99 Å². The van der Waals surface area contributed by atoms with Gasteiger partial charge in [0.1, 0.15) is 5.01 Å². The molecular formula is C12H23IN4S. The van der Waals surface area contributed by atoms with E-state index in [4.69, 9.17) is 0 Å². The number of nitrogens with zero attached hydrogens (tertiary/aromatic N) is 2. The molecule has 1 aromatic rings. The number of thiazole rings is 1. The number of hydrogen-bond acceptors (Lipinski definition) is 3. The Kier molecular flexibility index (Phi) is 9.35. The van der Waals surface area contributed by atoms with Gasteiger partial charge in [0.15, 0.2) is 5.96 Å². The van der Waals surface area contributed by atoms with Gasteiger partial charge in [0, 0.05) is 24.7 Å². The SMILES string of the molecule is CN=C(NCCC(C)C)NCc1ncc(C)s1.I. The number of aliphatic imine (C=N–C) groups is 1. The van der Waals surface area contributed by atoms with E-state index in [9.17, 15) is 0 Å². The maximum atomic E-state index is 4.30. The molecule has 0 atom stereocenters. The van der Waals surface area contributed by atoms with Gasteiger partial charge in [-0.05, 0) is 19.3 Å². The van der Waals surface area contributed by atoms with Crippen molar-refractivity contribution >= 4 is 41.3 Å². The quantitative estimate of drug-likeness (QED) is 0.468. The lowest BCUT2D eigenvalue weighted by atomic mass is 10.1. The van der Waals surface area contributed by atoms with Crippen LogP contribution in [-0.4, -0.2) is 24.5 Å². The Morgan fingerprint density at radius 2 is 2.17 bits per heavy atom. The van der Waals surface area contributed by atoms with Crippen molar-refractivity contribution in [2.45, 2.75) is 33.7 Å². The summed E-state index contributed by atoms with van der Waals surface area (Å²) in [7, 11) is 1.79. The smallest absolute Gasteiger partial charge is 0.191 e. The van der Waals surface area contributed by atoms with Crippen LogP contribution in [0.4, 0.5) is 0 Å². The zero-order valence-electron chi connectivity index (χ0n) is 11.5. The molecule has 1 heterocycles. The monoisotopic (exact) mass is 382 g/mol. The average Bonchev–Trinajstić information content (AvgIpc) is 2.69. The van der Waals surface area contributed by atoms with Crippen molar-refractivity contribution in [2.75, 3.05) is 13.6 Å². The highest BCUT2D eigenvalue weighted by Gasteiger charge is 2.01. The zero-order valence-corrected chi connectivity index (χ0v) is 14.6. The fourth-order valence-corrected chi connectivity index (χ4v) is 2.07. The van der Waals surface area contributed by atoms with Crippen molar-refractivity contribution in [3.8, 4) is 0 Å². The second-order valence-corrected chi connectivity index (χ2v) is 5.72. The van der Waals surface area contributed by atoms with Crippen LogP contribution < -0.4 is 10.6 Å². The van der Waals surface area contributed by atoms with Crippen molar-refractivity contribution in [1.82, 2.24) is 15.6 Å². The molecule has 0 fully saturated rings. The third-order valence-corrected chi connectivity index (χ3v) is 3.23. The summed E-state index contributed by atoms with van der Waals surface area (Å²) in [5.41, 5.74) is 0. The molecule has 104 valence electrons. The van der Waals surface area contributed by atoms with Gasteiger partial charge in [-0.2, -0.15) is 0 Å². The van der Waals surface area contributed by atoms with Gasteiger partial charge in [0.25, 0.3) is 0 Å². The summed E-state index contributed by atoms with van der Waals surface area (Å²) in [5, 5.41) is 7.65. The first kappa shape index (κ1) is 17.6. The molecule has 0 aromatic carbocycles. The van der Waals surface area contributed by atoms with Crippen LogP contribution in [-0.2, 0) is 6.54 Å². The van der Waals surface area contributed by atoms with Gasteiger partial charge in [-0.15, -0.1) is 35.3 Å². The molecule has 6 heteroatoms. The highest BCUT2D eigenvalue weighted by atomic mass is 127. The number of guanidine groups is 1. The fraction of sp³-hybridized carbons (Fsp3) is 0.667. The van der Waals surface area contributed by atoms with Crippen LogP contribution in [0.2, 0.25) is 0 Å². The van der Waals surface area contributed by atoms with E-state index in [1.54, 1.807) is 18.4 Å². The lowest BCUT2D eigenvalue weighted by Crippen LogP contribution is -2.37. The fourth-order valence-electron chi connectivity index (χ4n) is 1.34. The minimum Gasteiger partial charge on any atom is -0.356 e. The molecule has 2 N–H and O–H groups in total. The molecule has 0 radical (unpaired) electrons. The molecule has 0 spiro atoms. The second-order valence-electron chi connectivity index (χ2n) is 4.40. The minimum absolute atomic E-state index is 0. The third kappa shape index (κ3) is 7.15. The van der Waals surface area contributed by atoms with E-state index in [2.05, 4.69) is 41.4 Å². The van der Waals surface area contributed by atoms with Crippen LogP contribution in [0, 0.1) is 12.8 Å². The number of aryl methyl sites for hydroxylation is 1. The van der Waals surface area contributed by atoms with Gasteiger partial charge in [-0.1, -0.05) is 13.8 Å². The standard InChI is InChI=1S/C12H22N4S.HI/c1-9(2)5-6-14-12(13-4)16-8-11-15-7-10(3)17-11;/h7,9H,5-6,8H2,1-4H3,(H2,13,14,16);1H. The van der Waals surface area contributed by atoms with Crippen LogP contribution in [0.3, 0.4) is 0 Å². The Balaban J connectivity index is 0.00000289. The van der Waals surface area contributed by atoms with Gasteiger partial charge >= 0.3 is 0 Å². The molecule has 0 aliphatic heterocycles.